The fourth-order valence-electron chi connectivity index (χ4n) is 0.928. The molecule has 0 aliphatic carbocycles. The molecule has 0 saturated heterocycles. The van der Waals surface area contributed by atoms with Crippen molar-refractivity contribution in [1.82, 2.24) is 0 Å². The smallest absolute Gasteiger partial charge is 0.179 e. The summed E-state index contributed by atoms with van der Waals surface area (Å²) in [5, 5.41) is 0.594. The molecule has 1 rings (SSSR count). The average Bonchev–Trinajstić information content (AvgIpc) is 2.02. The lowest BCUT2D eigenvalue weighted by Crippen LogP contribution is -2.07. The summed E-state index contributed by atoms with van der Waals surface area (Å²) in [5.41, 5.74) is 0. The minimum absolute atomic E-state index is 0.0481. The number of sulfone groups is 1. The van der Waals surface area contributed by atoms with E-state index in [1.54, 1.807) is 0 Å². The first-order chi connectivity index (χ1) is 6.45. The number of halogens is 3. The molecular formula is C8H7Cl3O2S. The van der Waals surface area contributed by atoms with Gasteiger partial charge in [-0.15, -0.1) is 11.6 Å². The Hall–Kier alpha value is 0.0400. The van der Waals surface area contributed by atoms with Gasteiger partial charge in [-0.25, -0.2) is 8.42 Å². The average molecular weight is 274 g/mol. The van der Waals surface area contributed by atoms with Crippen LogP contribution in [0, 0.1) is 0 Å². The number of hydrogen-bond donors (Lipinski definition) is 0. The van der Waals surface area contributed by atoms with E-state index in [1.807, 2.05) is 0 Å². The van der Waals surface area contributed by atoms with E-state index in [1.165, 1.54) is 18.2 Å². The molecule has 0 fully saturated rings. The summed E-state index contributed by atoms with van der Waals surface area (Å²) in [5.74, 6) is -0.0717. The number of rotatable bonds is 3. The van der Waals surface area contributed by atoms with Gasteiger partial charge in [-0.3, -0.25) is 0 Å². The lowest BCUT2D eigenvalue weighted by molar-refractivity contribution is 0.597. The predicted octanol–water partition coefficient (Wildman–Crippen LogP) is 3.01. The Morgan fingerprint density at radius 3 is 2.00 bits per heavy atom. The number of alkyl halides is 1. The molecule has 0 amide bonds. The van der Waals surface area contributed by atoms with Crippen LogP contribution in [-0.2, 0) is 9.84 Å². The van der Waals surface area contributed by atoms with E-state index in [0.717, 1.165) is 0 Å². The van der Waals surface area contributed by atoms with E-state index < -0.39 is 9.84 Å². The van der Waals surface area contributed by atoms with Crippen LogP contribution in [0.1, 0.15) is 0 Å². The fourth-order valence-corrected chi connectivity index (χ4v) is 3.24. The van der Waals surface area contributed by atoms with Crippen molar-refractivity contribution in [3.8, 4) is 0 Å². The summed E-state index contributed by atoms with van der Waals surface area (Å²) < 4.78 is 23.1. The zero-order valence-corrected chi connectivity index (χ0v) is 10.1. The summed E-state index contributed by atoms with van der Waals surface area (Å²) in [7, 11) is -3.36. The van der Waals surface area contributed by atoms with Gasteiger partial charge in [0.25, 0.3) is 0 Å². The third-order valence-electron chi connectivity index (χ3n) is 1.54. The lowest BCUT2D eigenvalue weighted by atomic mass is 10.4. The highest BCUT2D eigenvalue weighted by molar-refractivity contribution is 7.91. The third kappa shape index (κ3) is 3.02. The van der Waals surface area contributed by atoms with Crippen molar-refractivity contribution in [3.63, 3.8) is 0 Å². The minimum atomic E-state index is -3.36. The van der Waals surface area contributed by atoms with Crippen LogP contribution in [0.2, 0.25) is 10.0 Å². The predicted molar refractivity (Wildman–Crippen MR) is 59.2 cm³/mol. The van der Waals surface area contributed by atoms with Gasteiger partial charge in [0.1, 0.15) is 0 Å². The minimum Gasteiger partial charge on any atom is -0.224 e. The normalized spacial score (nSPS) is 11.6. The summed E-state index contributed by atoms with van der Waals surface area (Å²) in [6.07, 6.45) is 0. The van der Waals surface area contributed by atoms with Crippen LogP contribution in [0.15, 0.2) is 23.1 Å². The Morgan fingerprint density at radius 1 is 1.07 bits per heavy atom. The van der Waals surface area contributed by atoms with Gasteiger partial charge < -0.3 is 0 Å². The quantitative estimate of drug-likeness (QED) is 0.793. The van der Waals surface area contributed by atoms with Crippen LogP contribution in [0.4, 0.5) is 0 Å². The molecule has 0 heterocycles. The maximum Gasteiger partial charge on any atom is 0.179 e. The standard InChI is InChI=1S/C8H7Cl3O2S/c9-1-2-14(12,13)8-4-6(10)3-7(11)5-8/h3-5H,1-2H2. The first-order valence-corrected chi connectivity index (χ1v) is 6.65. The molecule has 0 aromatic heterocycles. The summed E-state index contributed by atoms with van der Waals surface area (Å²) in [6.45, 7) is 0. The molecule has 0 radical (unpaired) electrons. The Labute approximate surface area is 97.7 Å². The molecule has 0 aliphatic rings. The van der Waals surface area contributed by atoms with Crippen molar-refractivity contribution >= 4 is 44.6 Å². The van der Waals surface area contributed by atoms with Gasteiger partial charge in [-0.2, -0.15) is 0 Å². The molecule has 1 aromatic carbocycles. The number of benzene rings is 1. The van der Waals surface area contributed by atoms with Crippen LogP contribution in [0.25, 0.3) is 0 Å². The van der Waals surface area contributed by atoms with Gasteiger partial charge in [-0.1, -0.05) is 23.2 Å². The molecular weight excluding hydrogens is 267 g/mol. The van der Waals surface area contributed by atoms with Crippen molar-refractivity contribution < 1.29 is 8.42 Å². The summed E-state index contributed by atoms with van der Waals surface area (Å²) in [4.78, 5) is 0.107. The zero-order valence-electron chi connectivity index (χ0n) is 7.00. The summed E-state index contributed by atoms with van der Waals surface area (Å²) >= 11 is 16.7. The van der Waals surface area contributed by atoms with Gasteiger partial charge in [-0.05, 0) is 18.2 Å². The lowest BCUT2D eigenvalue weighted by Gasteiger charge is -2.03. The molecule has 0 N–H and O–H groups in total. The van der Waals surface area contributed by atoms with Crippen molar-refractivity contribution in [3.05, 3.63) is 28.2 Å². The molecule has 0 spiro atoms. The first-order valence-electron chi connectivity index (χ1n) is 3.70. The monoisotopic (exact) mass is 272 g/mol. The second-order valence-corrected chi connectivity index (χ2v) is 5.97. The molecule has 2 nitrogen and oxygen atoms in total. The second kappa shape index (κ2) is 4.71. The van der Waals surface area contributed by atoms with Crippen molar-refractivity contribution in [2.45, 2.75) is 4.90 Å². The van der Waals surface area contributed by atoms with Crippen LogP contribution in [0.3, 0.4) is 0 Å². The van der Waals surface area contributed by atoms with Gasteiger partial charge >= 0.3 is 0 Å². The molecule has 0 aliphatic heterocycles. The highest BCUT2D eigenvalue weighted by Gasteiger charge is 2.14. The van der Waals surface area contributed by atoms with E-state index in [2.05, 4.69) is 0 Å². The van der Waals surface area contributed by atoms with Gasteiger partial charge in [0, 0.05) is 15.9 Å². The second-order valence-electron chi connectivity index (χ2n) is 2.61. The Balaban J connectivity index is 3.19. The van der Waals surface area contributed by atoms with E-state index in [0.29, 0.717) is 10.0 Å². The number of hydrogen-bond acceptors (Lipinski definition) is 2. The fraction of sp³-hybridized carbons (Fsp3) is 0.250. The topological polar surface area (TPSA) is 34.1 Å². The van der Waals surface area contributed by atoms with Crippen LogP contribution < -0.4 is 0 Å². The molecule has 14 heavy (non-hydrogen) atoms. The van der Waals surface area contributed by atoms with Crippen molar-refractivity contribution in [2.75, 3.05) is 11.6 Å². The molecule has 78 valence electrons. The maximum absolute atomic E-state index is 11.5. The molecule has 0 saturated carbocycles. The van der Waals surface area contributed by atoms with Gasteiger partial charge in [0.05, 0.1) is 10.6 Å². The highest BCUT2D eigenvalue weighted by atomic mass is 35.5. The van der Waals surface area contributed by atoms with Gasteiger partial charge in [0.2, 0.25) is 0 Å². The van der Waals surface area contributed by atoms with E-state index >= 15 is 0 Å². The third-order valence-corrected chi connectivity index (χ3v) is 4.09. The van der Waals surface area contributed by atoms with E-state index in [4.69, 9.17) is 34.8 Å². The van der Waals surface area contributed by atoms with Crippen LogP contribution in [0.5, 0.6) is 0 Å². The molecule has 0 unspecified atom stereocenters. The largest absolute Gasteiger partial charge is 0.224 e. The highest BCUT2D eigenvalue weighted by Crippen LogP contribution is 2.23. The molecule has 1 aromatic rings. The van der Waals surface area contributed by atoms with Crippen LogP contribution >= 0.6 is 34.8 Å². The Kier molecular flexibility index (Phi) is 4.07. The SMILES string of the molecule is O=S(=O)(CCCl)c1cc(Cl)cc(Cl)c1. The molecule has 0 bridgehead atoms. The first kappa shape index (κ1) is 12.1. The van der Waals surface area contributed by atoms with E-state index in [9.17, 15) is 8.42 Å². The van der Waals surface area contributed by atoms with E-state index in [-0.39, 0.29) is 16.5 Å². The van der Waals surface area contributed by atoms with Crippen molar-refractivity contribution in [2.24, 2.45) is 0 Å². The Morgan fingerprint density at radius 2 is 1.57 bits per heavy atom. The molecule has 6 heteroatoms. The van der Waals surface area contributed by atoms with Crippen LogP contribution in [-0.4, -0.2) is 20.1 Å². The van der Waals surface area contributed by atoms with Gasteiger partial charge in [0.15, 0.2) is 9.84 Å². The molecule has 0 atom stereocenters. The van der Waals surface area contributed by atoms with Crippen molar-refractivity contribution in [1.29, 1.82) is 0 Å². The summed E-state index contributed by atoms with van der Waals surface area (Å²) in [6, 6.07) is 4.19. The maximum atomic E-state index is 11.5. The Bertz CT molecular complexity index is 408. The zero-order chi connectivity index (χ0) is 10.8.